The topological polar surface area (TPSA) is 42.2 Å². The second-order valence-corrected chi connectivity index (χ2v) is 4.77. The second kappa shape index (κ2) is 5.21. The van der Waals surface area contributed by atoms with Gasteiger partial charge in [-0.15, -0.1) is 0 Å². The van der Waals surface area contributed by atoms with E-state index in [-0.39, 0.29) is 0 Å². The summed E-state index contributed by atoms with van der Waals surface area (Å²) in [5, 5.41) is 8.56. The summed E-state index contributed by atoms with van der Waals surface area (Å²) in [4.78, 5) is 4.47. The Balaban J connectivity index is 1.70. The zero-order valence-electron chi connectivity index (χ0n) is 8.89. The van der Waals surface area contributed by atoms with Gasteiger partial charge in [0, 0.05) is 31.2 Å². The Morgan fingerprint density at radius 2 is 2.60 bits per heavy atom. The third kappa shape index (κ3) is 3.27. The van der Waals surface area contributed by atoms with Crippen LogP contribution in [0.4, 0.5) is 0 Å². The Morgan fingerprint density at radius 3 is 3.27 bits per heavy atom. The highest BCUT2D eigenvalue weighted by atomic mass is 32.2. The highest BCUT2D eigenvalue weighted by Gasteiger charge is 2.10. The van der Waals surface area contributed by atoms with Gasteiger partial charge in [-0.25, -0.2) is 0 Å². The second-order valence-electron chi connectivity index (χ2n) is 3.76. The zero-order chi connectivity index (χ0) is 10.5. The van der Waals surface area contributed by atoms with E-state index in [0.29, 0.717) is 5.92 Å². The lowest BCUT2D eigenvalue weighted by molar-refractivity contribution is 0.601. The van der Waals surface area contributed by atoms with Crippen LogP contribution in [0.3, 0.4) is 0 Å². The predicted molar refractivity (Wildman–Crippen MR) is 64.2 cm³/mol. The van der Waals surface area contributed by atoms with E-state index in [0.717, 1.165) is 24.8 Å². The van der Waals surface area contributed by atoms with E-state index in [4.69, 9.17) is 0 Å². The molecule has 0 saturated heterocycles. The number of hydrogen-bond donors (Lipinski definition) is 1. The fraction of sp³-hybridized carbons (Fsp3) is 0.600. The first-order valence-corrected chi connectivity index (χ1v) is 6.21. The fourth-order valence-electron chi connectivity index (χ4n) is 1.38. The van der Waals surface area contributed by atoms with Gasteiger partial charge in [-0.05, 0) is 12.0 Å². The number of aliphatic imine (C=N–C) groups is 1. The van der Waals surface area contributed by atoms with Crippen molar-refractivity contribution in [2.75, 3.05) is 18.8 Å². The summed E-state index contributed by atoms with van der Waals surface area (Å²) in [6.07, 6.45) is 3.77. The van der Waals surface area contributed by atoms with Crippen LogP contribution in [-0.2, 0) is 6.54 Å². The number of thioether (sulfide) groups is 1. The van der Waals surface area contributed by atoms with E-state index in [1.165, 1.54) is 5.75 Å². The first kappa shape index (κ1) is 10.5. The molecule has 1 aliphatic heterocycles. The van der Waals surface area contributed by atoms with Gasteiger partial charge in [0.25, 0.3) is 0 Å². The highest BCUT2D eigenvalue weighted by molar-refractivity contribution is 8.13. The number of hydrogen-bond acceptors (Lipinski definition) is 4. The van der Waals surface area contributed by atoms with Gasteiger partial charge in [0.05, 0.1) is 6.54 Å². The molecule has 1 aliphatic rings. The van der Waals surface area contributed by atoms with Gasteiger partial charge < -0.3 is 5.32 Å². The smallest absolute Gasteiger partial charge is 0.156 e. The van der Waals surface area contributed by atoms with Crippen molar-refractivity contribution >= 4 is 16.9 Å². The maximum absolute atomic E-state index is 4.47. The van der Waals surface area contributed by atoms with E-state index >= 15 is 0 Å². The van der Waals surface area contributed by atoms with Gasteiger partial charge in [0.2, 0.25) is 0 Å². The van der Waals surface area contributed by atoms with Crippen LogP contribution in [0.1, 0.15) is 6.92 Å². The Labute approximate surface area is 94.2 Å². The van der Waals surface area contributed by atoms with Crippen molar-refractivity contribution < 1.29 is 0 Å². The molecule has 2 rings (SSSR count). The van der Waals surface area contributed by atoms with Gasteiger partial charge in [0.15, 0.2) is 5.17 Å². The van der Waals surface area contributed by atoms with Crippen molar-refractivity contribution in [3.63, 3.8) is 0 Å². The van der Waals surface area contributed by atoms with Gasteiger partial charge in [-0.3, -0.25) is 9.67 Å². The molecule has 5 heteroatoms. The zero-order valence-corrected chi connectivity index (χ0v) is 9.70. The van der Waals surface area contributed by atoms with E-state index in [1.807, 2.05) is 28.7 Å². The van der Waals surface area contributed by atoms with Crippen LogP contribution in [0.25, 0.3) is 0 Å². The van der Waals surface area contributed by atoms with Crippen LogP contribution < -0.4 is 5.32 Å². The molecular formula is C10H16N4S. The average molecular weight is 224 g/mol. The lowest BCUT2D eigenvalue weighted by Gasteiger charge is -2.17. The van der Waals surface area contributed by atoms with Gasteiger partial charge in [-0.2, -0.15) is 5.10 Å². The van der Waals surface area contributed by atoms with Crippen LogP contribution in [0.2, 0.25) is 0 Å². The number of aromatic nitrogens is 2. The minimum Gasteiger partial charge on any atom is -0.363 e. The molecular weight excluding hydrogens is 208 g/mol. The molecule has 1 aromatic rings. The van der Waals surface area contributed by atoms with Crippen LogP contribution in [0.5, 0.6) is 0 Å². The summed E-state index contributed by atoms with van der Waals surface area (Å²) in [5.74, 6) is 1.89. The van der Waals surface area contributed by atoms with Crippen LogP contribution in [0.15, 0.2) is 23.5 Å². The predicted octanol–water partition coefficient (Wildman–Crippen LogP) is 1.21. The molecule has 82 valence electrons. The van der Waals surface area contributed by atoms with Crippen molar-refractivity contribution in [2.45, 2.75) is 13.5 Å². The van der Waals surface area contributed by atoms with E-state index in [1.54, 1.807) is 6.20 Å². The summed E-state index contributed by atoms with van der Waals surface area (Å²) >= 11 is 1.82. The van der Waals surface area contributed by atoms with Gasteiger partial charge in [-0.1, -0.05) is 18.7 Å². The fourth-order valence-corrected chi connectivity index (χ4v) is 2.29. The number of amidine groups is 1. The molecule has 15 heavy (non-hydrogen) atoms. The number of nitrogens with one attached hydrogen (secondary N) is 1. The van der Waals surface area contributed by atoms with Crippen LogP contribution in [-0.4, -0.2) is 33.8 Å². The summed E-state index contributed by atoms with van der Waals surface area (Å²) < 4.78 is 1.92. The Morgan fingerprint density at radius 1 is 1.67 bits per heavy atom. The number of rotatable bonds is 3. The molecule has 0 bridgehead atoms. The monoisotopic (exact) mass is 224 g/mol. The molecule has 2 heterocycles. The van der Waals surface area contributed by atoms with Gasteiger partial charge in [0.1, 0.15) is 0 Å². The summed E-state index contributed by atoms with van der Waals surface area (Å²) in [6.45, 7) is 4.97. The Hall–Kier alpha value is -0.970. The molecule has 1 aromatic heterocycles. The molecule has 0 amide bonds. The van der Waals surface area contributed by atoms with Crippen molar-refractivity contribution in [1.82, 2.24) is 15.1 Å². The standard InChI is InChI=1S/C10H16N4S/c1-9-7-12-10(15-8-9)11-4-6-14-5-2-3-13-14/h2-3,5,9H,4,6-8H2,1H3,(H,11,12). The minimum absolute atomic E-state index is 0.715. The molecule has 0 fully saturated rings. The van der Waals surface area contributed by atoms with Crippen molar-refractivity contribution in [1.29, 1.82) is 0 Å². The average Bonchev–Trinajstić information content (AvgIpc) is 2.74. The first-order valence-electron chi connectivity index (χ1n) is 5.23. The molecule has 4 nitrogen and oxygen atoms in total. The van der Waals surface area contributed by atoms with E-state index < -0.39 is 0 Å². The third-order valence-electron chi connectivity index (χ3n) is 2.23. The molecule has 1 atom stereocenters. The maximum Gasteiger partial charge on any atom is 0.156 e. The van der Waals surface area contributed by atoms with Crippen molar-refractivity contribution in [2.24, 2.45) is 10.9 Å². The van der Waals surface area contributed by atoms with Crippen molar-refractivity contribution in [3.8, 4) is 0 Å². The lowest BCUT2D eigenvalue weighted by Crippen LogP contribution is -2.29. The molecule has 1 unspecified atom stereocenters. The minimum atomic E-state index is 0.715. The van der Waals surface area contributed by atoms with E-state index in [9.17, 15) is 0 Å². The molecule has 0 saturated carbocycles. The third-order valence-corrected chi connectivity index (χ3v) is 3.51. The quantitative estimate of drug-likeness (QED) is 0.839. The largest absolute Gasteiger partial charge is 0.363 e. The van der Waals surface area contributed by atoms with Gasteiger partial charge >= 0.3 is 0 Å². The molecule has 0 radical (unpaired) electrons. The normalized spacial score (nSPS) is 21.1. The lowest BCUT2D eigenvalue weighted by atomic mass is 10.2. The molecule has 0 aliphatic carbocycles. The summed E-state index contributed by atoms with van der Waals surface area (Å²) in [7, 11) is 0. The highest BCUT2D eigenvalue weighted by Crippen LogP contribution is 2.15. The number of nitrogens with zero attached hydrogens (tertiary/aromatic N) is 3. The molecule has 0 aromatic carbocycles. The maximum atomic E-state index is 4.47. The Kier molecular flexibility index (Phi) is 3.66. The van der Waals surface area contributed by atoms with E-state index in [2.05, 4.69) is 22.3 Å². The van der Waals surface area contributed by atoms with Crippen molar-refractivity contribution in [3.05, 3.63) is 18.5 Å². The summed E-state index contributed by atoms with van der Waals surface area (Å²) in [5.41, 5.74) is 0. The summed E-state index contributed by atoms with van der Waals surface area (Å²) in [6, 6.07) is 1.94. The molecule has 0 spiro atoms. The molecule has 1 N–H and O–H groups in total. The van der Waals surface area contributed by atoms with Crippen LogP contribution in [0, 0.1) is 5.92 Å². The Bertz CT molecular complexity index is 320. The SMILES string of the molecule is CC1CN=C(NCCn2cccn2)SC1. The first-order chi connectivity index (χ1) is 7.34. The van der Waals surface area contributed by atoms with Crippen LogP contribution >= 0.6 is 11.8 Å².